The summed E-state index contributed by atoms with van der Waals surface area (Å²) >= 11 is 0. The van der Waals surface area contributed by atoms with Crippen LogP contribution in [0.15, 0.2) is 100 Å². The van der Waals surface area contributed by atoms with Gasteiger partial charge in [-0.3, -0.25) is 4.79 Å². The van der Waals surface area contributed by atoms with Crippen molar-refractivity contribution in [3.63, 3.8) is 0 Å². The van der Waals surface area contributed by atoms with Gasteiger partial charge in [0.05, 0.1) is 11.6 Å². The monoisotopic (exact) mass is 409 g/mol. The van der Waals surface area contributed by atoms with Crippen molar-refractivity contribution in [1.29, 1.82) is 0 Å². The number of hydrogen-bond donors (Lipinski definition) is 2. The van der Waals surface area contributed by atoms with Gasteiger partial charge in [0, 0.05) is 5.39 Å². The molecule has 1 amide bonds. The number of benzene rings is 3. The molecule has 0 fully saturated rings. The number of carbonyl (C=O) groups is 1. The Labute approximate surface area is 178 Å². The number of nitrogens with two attached hydrogens (primary N) is 1. The topological polar surface area (TPSA) is 94.3 Å². The molecule has 5 rings (SSSR count). The molecule has 2 aromatic heterocycles. The lowest BCUT2D eigenvalue weighted by molar-refractivity contribution is 0.0944. The van der Waals surface area contributed by atoms with Gasteiger partial charge in [-0.05, 0) is 17.2 Å². The van der Waals surface area contributed by atoms with Crippen molar-refractivity contribution in [3.05, 3.63) is 108 Å². The van der Waals surface area contributed by atoms with Crippen molar-refractivity contribution in [2.45, 2.75) is 6.04 Å². The number of anilines is 1. The van der Waals surface area contributed by atoms with Crippen LogP contribution in [0.5, 0.6) is 0 Å². The minimum absolute atomic E-state index is 0.0438. The fourth-order valence-electron chi connectivity index (χ4n) is 3.72. The maximum Gasteiger partial charge on any atom is 0.259 e. The fourth-order valence-corrected chi connectivity index (χ4v) is 3.72. The highest BCUT2D eigenvalue weighted by Gasteiger charge is 2.27. The zero-order chi connectivity index (χ0) is 21.2. The molecule has 5 aromatic rings. The smallest absolute Gasteiger partial charge is 0.259 e. The lowest BCUT2D eigenvalue weighted by Crippen LogP contribution is -2.30. The zero-order valence-electron chi connectivity index (χ0n) is 16.5. The normalized spacial score (nSPS) is 11.1. The van der Waals surface area contributed by atoms with Gasteiger partial charge in [0.15, 0.2) is 0 Å². The number of nitrogens with one attached hydrogen (secondary N) is 1. The highest BCUT2D eigenvalue weighted by Crippen LogP contribution is 2.34. The van der Waals surface area contributed by atoms with Gasteiger partial charge >= 0.3 is 0 Å². The Hall–Kier alpha value is -4.32. The molecule has 0 saturated carbocycles. The Kier molecular flexibility index (Phi) is 4.72. The number of amides is 1. The van der Waals surface area contributed by atoms with E-state index in [2.05, 4.69) is 10.5 Å². The Morgan fingerprint density at radius 3 is 2.16 bits per heavy atom. The number of carbonyl (C=O) groups excluding carboxylic acids is 1. The molecule has 0 unspecified atom stereocenters. The summed E-state index contributed by atoms with van der Waals surface area (Å²) in [6.07, 6.45) is 1.56. The number of furan rings is 1. The molecule has 0 aliphatic heterocycles. The molecular weight excluding hydrogens is 390 g/mol. The summed E-state index contributed by atoms with van der Waals surface area (Å²) in [4.78, 5) is 13.4. The molecule has 0 atom stereocenters. The first-order chi connectivity index (χ1) is 15.2. The van der Waals surface area contributed by atoms with E-state index in [-0.39, 0.29) is 23.4 Å². The van der Waals surface area contributed by atoms with Crippen LogP contribution in [0.25, 0.3) is 22.2 Å². The van der Waals surface area contributed by atoms with Gasteiger partial charge in [-0.2, -0.15) is 0 Å². The van der Waals surface area contributed by atoms with E-state index in [1.54, 1.807) is 6.26 Å². The summed E-state index contributed by atoms with van der Waals surface area (Å²) in [6.45, 7) is 0. The largest absolute Gasteiger partial charge is 0.464 e. The lowest BCUT2D eigenvalue weighted by atomic mass is 9.98. The molecule has 3 N–H and O–H groups in total. The summed E-state index contributed by atoms with van der Waals surface area (Å²) in [5.41, 5.74) is 9.80. The maximum absolute atomic E-state index is 13.4. The van der Waals surface area contributed by atoms with Gasteiger partial charge in [-0.25, -0.2) is 0 Å². The van der Waals surface area contributed by atoms with Crippen LogP contribution in [-0.4, -0.2) is 11.1 Å². The minimum Gasteiger partial charge on any atom is -0.464 e. The Morgan fingerprint density at radius 1 is 0.871 bits per heavy atom. The standard InChI is InChI=1S/C25H19N3O3/c26-24-21(23(28-31-24)19-15-30-20-14-8-7-13-18(19)20)25(29)27-22(16-9-3-1-4-10-16)17-11-5-2-6-12-17/h1-15,22H,26H2,(H,27,29). The van der Waals surface area contributed by atoms with E-state index < -0.39 is 0 Å². The molecule has 2 heterocycles. The highest BCUT2D eigenvalue weighted by molar-refractivity contribution is 6.07. The van der Waals surface area contributed by atoms with Crippen molar-refractivity contribution in [1.82, 2.24) is 10.5 Å². The third-order valence-electron chi connectivity index (χ3n) is 5.22. The van der Waals surface area contributed by atoms with Gasteiger partial charge in [0.2, 0.25) is 5.88 Å². The van der Waals surface area contributed by atoms with Crippen LogP contribution in [0.2, 0.25) is 0 Å². The summed E-state index contributed by atoms with van der Waals surface area (Å²) in [6, 6.07) is 26.7. The van der Waals surface area contributed by atoms with E-state index >= 15 is 0 Å². The Balaban J connectivity index is 1.55. The lowest BCUT2D eigenvalue weighted by Gasteiger charge is -2.20. The molecule has 0 bridgehead atoms. The van der Waals surface area contributed by atoms with E-state index in [1.165, 1.54) is 0 Å². The van der Waals surface area contributed by atoms with Gasteiger partial charge in [0.1, 0.15) is 23.1 Å². The minimum atomic E-state index is -0.378. The third-order valence-corrected chi connectivity index (χ3v) is 5.22. The van der Waals surface area contributed by atoms with Crippen molar-refractivity contribution >= 4 is 22.8 Å². The molecule has 6 nitrogen and oxygen atoms in total. The molecule has 31 heavy (non-hydrogen) atoms. The van der Waals surface area contributed by atoms with Crippen molar-refractivity contribution in [3.8, 4) is 11.3 Å². The predicted molar refractivity (Wildman–Crippen MR) is 118 cm³/mol. The molecule has 0 saturated heterocycles. The zero-order valence-corrected chi connectivity index (χ0v) is 16.5. The molecule has 0 aliphatic rings. The predicted octanol–water partition coefficient (Wildman–Crippen LogP) is 5.19. The number of fused-ring (bicyclic) bond motifs is 1. The quantitative estimate of drug-likeness (QED) is 0.417. The van der Waals surface area contributed by atoms with Crippen molar-refractivity contribution < 1.29 is 13.7 Å². The number of hydrogen-bond acceptors (Lipinski definition) is 5. The second kappa shape index (κ2) is 7.84. The number of nitrogens with zero attached hydrogens (tertiary/aromatic N) is 1. The SMILES string of the molecule is Nc1onc(-c2coc3ccccc23)c1C(=O)NC(c1ccccc1)c1ccccc1. The molecule has 3 aromatic carbocycles. The average molecular weight is 409 g/mol. The summed E-state index contributed by atoms with van der Waals surface area (Å²) < 4.78 is 10.8. The van der Waals surface area contributed by atoms with Gasteiger partial charge in [-0.1, -0.05) is 84.0 Å². The van der Waals surface area contributed by atoms with Gasteiger partial charge < -0.3 is 20.0 Å². The van der Waals surface area contributed by atoms with Crippen LogP contribution in [-0.2, 0) is 0 Å². The Morgan fingerprint density at radius 2 is 1.48 bits per heavy atom. The van der Waals surface area contributed by atoms with Crippen LogP contribution >= 0.6 is 0 Å². The second-order valence-electron chi connectivity index (χ2n) is 7.14. The van der Waals surface area contributed by atoms with Crippen LogP contribution in [0.4, 0.5) is 5.88 Å². The molecular formula is C25H19N3O3. The Bertz CT molecular complexity index is 1300. The first kappa shape index (κ1) is 18.7. The first-order valence-electron chi connectivity index (χ1n) is 9.85. The number of aromatic nitrogens is 1. The van der Waals surface area contributed by atoms with Crippen LogP contribution in [0.3, 0.4) is 0 Å². The fraction of sp³-hybridized carbons (Fsp3) is 0.0400. The number of rotatable bonds is 5. The average Bonchev–Trinajstić information content (AvgIpc) is 3.41. The highest BCUT2D eigenvalue weighted by atomic mass is 16.5. The van der Waals surface area contributed by atoms with Crippen molar-refractivity contribution in [2.24, 2.45) is 0 Å². The van der Waals surface area contributed by atoms with Crippen molar-refractivity contribution in [2.75, 3.05) is 5.73 Å². The molecule has 6 heteroatoms. The van der Waals surface area contributed by atoms with E-state index in [1.807, 2.05) is 84.9 Å². The van der Waals surface area contributed by atoms with E-state index in [9.17, 15) is 4.79 Å². The van der Waals surface area contributed by atoms with E-state index in [0.29, 0.717) is 16.8 Å². The second-order valence-corrected chi connectivity index (χ2v) is 7.14. The molecule has 0 aliphatic carbocycles. The summed E-state index contributed by atoms with van der Waals surface area (Å²) in [5, 5.41) is 7.98. The van der Waals surface area contributed by atoms with Crippen LogP contribution < -0.4 is 11.1 Å². The van der Waals surface area contributed by atoms with E-state index in [0.717, 1.165) is 16.5 Å². The maximum atomic E-state index is 13.4. The van der Waals surface area contributed by atoms with Crippen LogP contribution in [0, 0.1) is 0 Å². The number of nitrogen functional groups attached to an aromatic ring is 1. The molecule has 152 valence electrons. The number of para-hydroxylation sites is 1. The third kappa shape index (κ3) is 3.44. The molecule has 0 spiro atoms. The molecule has 0 radical (unpaired) electrons. The van der Waals surface area contributed by atoms with E-state index in [4.69, 9.17) is 14.7 Å². The summed E-state index contributed by atoms with van der Waals surface area (Å²) in [5.74, 6) is -0.422. The first-order valence-corrected chi connectivity index (χ1v) is 9.85. The van der Waals surface area contributed by atoms with Gasteiger partial charge in [-0.15, -0.1) is 0 Å². The van der Waals surface area contributed by atoms with Gasteiger partial charge in [0.25, 0.3) is 5.91 Å². The summed E-state index contributed by atoms with van der Waals surface area (Å²) in [7, 11) is 0. The van der Waals surface area contributed by atoms with Crippen LogP contribution in [0.1, 0.15) is 27.5 Å².